The van der Waals surface area contributed by atoms with E-state index in [1.54, 1.807) is 24.5 Å². The Bertz CT molecular complexity index is 491. The molecule has 1 amide bonds. The molecular formula is C11H11Cl2N3O. The minimum Gasteiger partial charge on any atom is -0.364 e. The lowest BCUT2D eigenvalue weighted by atomic mass is 10.2. The molecule has 2 N–H and O–H groups in total. The molecule has 0 fully saturated rings. The highest BCUT2D eigenvalue weighted by Gasteiger charge is 2.04. The summed E-state index contributed by atoms with van der Waals surface area (Å²) in [5, 5.41) is 0. The summed E-state index contributed by atoms with van der Waals surface area (Å²) < 4.78 is 0. The van der Waals surface area contributed by atoms with E-state index in [1.165, 1.54) is 0 Å². The molecule has 0 aliphatic heterocycles. The summed E-state index contributed by atoms with van der Waals surface area (Å²) in [5.41, 5.74) is 6.96. The second kappa shape index (κ2) is 6.83. The summed E-state index contributed by atoms with van der Waals surface area (Å²) in [5.74, 6) is -0.527. The molecule has 0 aliphatic carbocycles. The smallest absolute Gasteiger partial charge is 0.267 e. The summed E-state index contributed by atoms with van der Waals surface area (Å²) >= 11 is 0. The van der Waals surface area contributed by atoms with Crippen LogP contribution in [-0.4, -0.2) is 15.9 Å². The van der Waals surface area contributed by atoms with Gasteiger partial charge in [-0.05, 0) is 24.3 Å². The van der Waals surface area contributed by atoms with Gasteiger partial charge in [-0.25, -0.2) is 4.98 Å². The standard InChI is InChI=1S/C11H9N3O.2ClH/c12-11(15)10-5-1-4-9(14-10)8-3-2-6-13-7-8;;/h1-7H,(H2,12,15);2*1H. The van der Waals surface area contributed by atoms with E-state index in [0.29, 0.717) is 5.69 Å². The third-order valence-electron chi connectivity index (χ3n) is 1.96. The molecule has 2 heterocycles. The number of nitrogens with two attached hydrogens (primary N) is 1. The lowest BCUT2D eigenvalue weighted by Crippen LogP contribution is -2.12. The van der Waals surface area contributed by atoms with E-state index >= 15 is 0 Å². The van der Waals surface area contributed by atoms with Crippen molar-refractivity contribution < 1.29 is 4.79 Å². The van der Waals surface area contributed by atoms with Crippen LogP contribution in [0.2, 0.25) is 0 Å². The molecule has 2 aromatic rings. The second-order valence-corrected chi connectivity index (χ2v) is 3.01. The largest absolute Gasteiger partial charge is 0.364 e. The summed E-state index contributed by atoms with van der Waals surface area (Å²) in [6, 6.07) is 8.83. The van der Waals surface area contributed by atoms with Crippen LogP contribution in [0.15, 0.2) is 42.7 Å². The molecule has 0 spiro atoms. The summed E-state index contributed by atoms with van der Waals surface area (Å²) in [6.45, 7) is 0. The van der Waals surface area contributed by atoms with Crippen LogP contribution in [0.3, 0.4) is 0 Å². The first-order chi connectivity index (χ1) is 7.27. The summed E-state index contributed by atoms with van der Waals surface area (Å²) in [6.07, 6.45) is 3.37. The zero-order valence-corrected chi connectivity index (χ0v) is 10.4. The summed E-state index contributed by atoms with van der Waals surface area (Å²) in [4.78, 5) is 19.0. The van der Waals surface area contributed by atoms with Gasteiger partial charge in [-0.2, -0.15) is 0 Å². The van der Waals surface area contributed by atoms with Crippen LogP contribution >= 0.6 is 24.8 Å². The van der Waals surface area contributed by atoms with Crippen LogP contribution in [0.4, 0.5) is 0 Å². The molecule has 17 heavy (non-hydrogen) atoms. The number of hydrogen-bond acceptors (Lipinski definition) is 3. The highest BCUT2D eigenvalue weighted by Crippen LogP contribution is 2.14. The lowest BCUT2D eigenvalue weighted by molar-refractivity contribution is 0.0995. The van der Waals surface area contributed by atoms with Crippen molar-refractivity contribution in [3.05, 3.63) is 48.4 Å². The fourth-order valence-corrected chi connectivity index (χ4v) is 1.25. The number of amides is 1. The van der Waals surface area contributed by atoms with Gasteiger partial charge in [0.2, 0.25) is 0 Å². The molecule has 0 atom stereocenters. The Hall–Kier alpha value is -1.65. The van der Waals surface area contributed by atoms with Gasteiger partial charge < -0.3 is 5.73 Å². The molecule has 0 bridgehead atoms. The fraction of sp³-hybridized carbons (Fsp3) is 0. The number of pyridine rings is 2. The van der Waals surface area contributed by atoms with Gasteiger partial charge in [0, 0.05) is 18.0 Å². The van der Waals surface area contributed by atoms with Gasteiger partial charge in [-0.1, -0.05) is 6.07 Å². The van der Waals surface area contributed by atoms with Crippen LogP contribution in [0.1, 0.15) is 10.5 Å². The van der Waals surface area contributed by atoms with Crippen LogP contribution in [0.25, 0.3) is 11.3 Å². The Kier molecular flexibility index (Phi) is 6.17. The monoisotopic (exact) mass is 271 g/mol. The van der Waals surface area contributed by atoms with Crippen molar-refractivity contribution in [3.63, 3.8) is 0 Å². The van der Waals surface area contributed by atoms with Crippen molar-refractivity contribution in [2.75, 3.05) is 0 Å². The van der Waals surface area contributed by atoms with Crippen LogP contribution in [0, 0.1) is 0 Å². The maximum Gasteiger partial charge on any atom is 0.267 e. The molecule has 0 aliphatic rings. The van der Waals surface area contributed by atoms with Gasteiger partial charge in [-0.15, -0.1) is 24.8 Å². The van der Waals surface area contributed by atoms with Crippen LogP contribution in [-0.2, 0) is 0 Å². The molecule has 0 saturated heterocycles. The maximum absolute atomic E-state index is 10.9. The van der Waals surface area contributed by atoms with Gasteiger partial charge in [0.05, 0.1) is 5.69 Å². The summed E-state index contributed by atoms with van der Waals surface area (Å²) in [7, 11) is 0. The maximum atomic E-state index is 10.9. The van der Waals surface area contributed by atoms with Crippen molar-refractivity contribution in [2.45, 2.75) is 0 Å². The fourth-order valence-electron chi connectivity index (χ4n) is 1.25. The minimum absolute atomic E-state index is 0. The predicted octanol–water partition coefficient (Wildman–Crippen LogP) is 2.09. The number of carbonyl (C=O) groups excluding carboxylic acids is 1. The third kappa shape index (κ3) is 3.69. The van der Waals surface area contributed by atoms with Crippen molar-refractivity contribution in [1.29, 1.82) is 0 Å². The normalized spacial score (nSPS) is 8.71. The highest BCUT2D eigenvalue weighted by atomic mass is 35.5. The Morgan fingerprint density at radius 2 is 1.88 bits per heavy atom. The molecule has 6 heteroatoms. The first kappa shape index (κ1) is 15.3. The Balaban J connectivity index is 0.00000128. The zero-order valence-electron chi connectivity index (χ0n) is 8.74. The number of rotatable bonds is 2. The number of hydrogen-bond donors (Lipinski definition) is 1. The molecule has 4 nitrogen and oxygen atoms in total. The van der Waals surface area contributed by atoms with Crippen molar-refractivity contribution in [3.8, 4) is 11.3 Å². The molecule has 2 rings (SSSR count). The van der Waals surface area contributed by atoms with Crippen LogP contribution < -0.4 is 5.73 Å². The lowest BCUT2D eigenvalue weighted by Gasteiger charge is -2.01. The first-order valence-electron chi connectivity index (χ1n) is 4.44. The average Bonchev–Trinajstić information content (AvgIpc) is 2.30. The number of nitrogens with zero attached hydrogens (tertiary/aromatic N) is 2. The van der Waals surface area contributed by atoms with Gasteiger partial charge in [0.25, 0.3) is 5.91 Å². The molecule has 0 unspecified atom stereocenters. The third-order valence-corrected chi connectivity index (χ3v) is 1.96. The Morgan fingerprint density at radius 3 is 2.47 bits per heavy atom. The molecule has 0 aromatic carbocycles. The van der Waals surface area contributed by atoms with Crippen molar-refractivity contribution >= 4 is 30.7 Å². The van der Waals surface area contributed by atoms with E-state index in [0.717, 1.165) is 5.56 Å². The second-order valence-electron chi connectivity index (χ2n) is 3.01. The van der Waals surface area contributed by atoms with E-state index < -0.39 is 5.91 Å². The molecule has 2 aromatic heterocycles. The van der Waals surface area contributed by atoms with Crippen molar-refractivity contribution in [2.24, 2.45) is 5.73 Å². The molecule has 90 valence electrons. The quantitative estimate of drug-likeness (QED) is 0.910. The van der Waals surface area contributed by atoms with Gasteiger partial charge in [0.15, 0.2) is 0 Å². The minimum atomic E-state index is -0.527. The van der Waals surface area contributed by atoms with E-state index in [4.69, 9.17) is 5.73 Å². The van der Waals surface area contributed by atoms with Gasteiger partial charge in [-0.3, -0.25) is 9.78 Å². The van der Waals surface area contributed by atoms with E-state index in [2.05, 4.69) is 9.97 Å². The van der Waals surface area contributed by atoms with Crippen molar-refractivity contribution in [1.82, 2.24) is 9.97 Å². The topological polar surface area (TPSA) is 68.9 Å². The number of aromatic nitrogens is 2. The zero-order chi connectivity index (χ0) is 10.7. The van der Waals surface area contributed by atoms with Gasteiger partial charge >= 0.3 is 0 Å². The predicted molar refractivity (Wildman–Crippen MR) is 70.5 cm³/mol. The molecular weight excluding hydrogens is 261 g/mol. The van der Waals surface area contributed by atoms with E-state index in [9.17, 15) is 4.79 Å². The first-order valence-corrected chi connectivity index (χ1v) is 4.44. The Labute approximate surface area is 111 Å². The van der Waals surface area contributed by atoms with E-state index in [1.807, 2.05) is 18.2 Å². The van der Waals surface area contributed by atoms with Gasteiger partial charge in [0.1, 0.15) is 5.69 Å². The Morgan fingerprint density at radius 1 is 1.12 bits per heavy atom. The number of primary amides is 1. The number of carbonyl (C=O) groups is 1. The SMILES string of the molecule is Cl.Cl.NC(=O)c1cccc(-c2cccnc2)n1. The number of halogens is 2. The molecule has 0 radical (unpaired) electrons. The molecule has 0 saturated carbocycles. The average molecular weight is 272 g/mol. The van der Waals surface area contributed by atoms with E-state index in [-0.39, 0.29) is 30.5 Å². The highest BCUT2D eigenvalue weighted by molar-refractivity contribution is 5.91. The van der Waals surface area contributed by atoms with Crippen LogP contribution in [0.5, 0.6) is 0 Å².